The highest BCUT2D eigenvalue weighted by Gasteiger charge is 2.25. The van der Waals surface area contributed by atoms with Gasteiger partial charge in [0.15, 0.2) is 0 Å². The summed E-state index contributed by atoms with van der Waals surface area (Å²) in [5.74, 6) is -3.00. The summed E-state index contributed by atoms with van der Waals surface area (Å²) in [6.45, 7) is 2.96. The number of nitrogens with zero attached hydrogens (tertiary/aromatic N) is 1. The van der Waals surface area contributed by atoms with Gasteiger partial charge in [0, 0.05) is 26.2 Å². The van der Waals surface area contributed by atoms with Gasteiger partial charge in [-0.1, -0.05) is 0 Å². The number of hydrogen-bond acceptors (Lipinski definition) is 2. The van der Waals surface area contributed by atoms with Gasteiger partial charge in [0.2, 0.25) is 0 Å². The monoisotopic (exact) mass is 202 g/mol. The highest BCUT2D eigenvalue weighted by Crippen LogP contribution is 2.59. The quantitative estimate of drug-likeness (QED) is 0.655. The lowest BCUT2D eigenvalue weighted by Gasteiger charge is -2.26. The van der Waals surface area contributed by atoms with Gasteiger partial charge in [-0.15, -0.1) is 0 Å². The molecule has 60 valence electrons. The van der Waals surface area contributed by atoms with Gasteiger partial charge in [-0.25, -0.2) is 4.67 Å². The molecular weight excluding hydrogens is 194 g/mol. The first kappa shape index (κ1) is 8.82. The predicted octanol–water partition coefficient (Wildman–Crippen LogP) is 1.48. The van der Waals surface area contributed by atoms with E-state index >= 15 is 0 Å². The van der Waals surface area contributed by atoms with Crippen molar-refractivity contribution in [2.45, 2.75) is 0 Å². The molecule has 0 aromatic rings. The Morgan fingerprint density at radius 1 is 1.30 bits per heavy atom. The first-order chi connectivity index (χ1) is 4.61. The van der Waals surface area contributed by atoms with E-state index in [0.29, 0.717) is 13.1 Å². The Morgan fingerprint density at radius 2 is 1.80 bits per heavy atom. The average molecular weight is 203 g/mol. The number of rotatable bonds is 1. The normalized spacial score (nSPS) is 23.0. The maximum absolute atomic E-state index is 11.0. The SMILES string of the molecule is O=P(Cl)(Cl)N1CCNCC1. The third-order valence-electron chi connectivity index (χ3n) is 1.42. The standard InChI is InChI=1S/C4H9Cl2N2OP/c5-10(6,9)8-3-1-7-2-4-8/h7H,1-4H2. The van der Waals surface area contributed by atoms with E-state index in [0.717, 1.165) is 13.1 Å². The molecule has 0 saturated carbocycles. The van der Waals surface area contributed by atoms with E-state index in [-0.39, 0.29) is 0 Å². The van der Waals surface area contributed by atoms with Crippen molar-refractivity contribution in [2.24, 2.45) is 0 Å². The molecule has 1 aliphatic rings. The van der Waals surface area contributed by atoms with Crippen molar-refractivity contribution in [1.82, 2.24) is 9.99 Å². The smallest absolute Gasteiger partial charge is 0.314 e. The molecule has 0 aliphatic carbocycles. The zero-order valence-electron chi connectivity index (χ0n) is 5.39. The molecule has 10 heavy (non-hydrogen) atoms. The molecule has 6 heteroatoms. The molecule has 0 aromatic heterocycles. The molecule has 3 nitrogen and oxygen atoms in total. The van der Waals surface area contributed by atoms with Crippen LogP contribution >= 0.6 is 28.5 Å². The van der Waals surface area contributed by atoms with E-state index < -0.39 is 6.00 Å². The van der Waals surface area contributed by atoms with E-state index in [1.807, 2.05) is 0 Å². The number of piperazine rings is 1. The number of halogens is 2. The van der Waals surface area contributed by atoms with E-state index in [9.17, 15) is 4.57 Å². The van der Waals surface area contributed by atoms with Gasteiger partial charge in [0.1, 0.15) is 0 Å². The van der Waals surface area contributed by atoms with Crippen molar-refractivity contribution >= 4 is 28.5 Å². The lowest BCUT2D eigenvalue weighted by Crippen LogP contribution is -2.40. The van der Waals surface area contributed by atoms with Crippen molar-refractivity contribution in [1.29, 1.82) is 0 Å². The molecule has 1 saturated heterocycles. The Kier molecular flexibility index (Phi) is 3.02. The summed E-state index contributed by atoms with van der Waals surface area (Å²) < 4.78 is 12.6. The van der Waals surface area contributed by atoms with Crippen LogP contribution < -0.4 is 5.32 Å². The molecule has 0 amide bonds. The molecule has 0 bridgehead atoms. The average Bonchev–Trinajstić information content (AvgIpc) is 1.88. The van der Waals surface area contributed by atoms with Gasteiger partial charge < -0.3 is 5.32 Å². The summed E-state index contributed by atoms with van der Waals surface area (Å²) in [6, 6.07) is 0. The van der Waals surface area contributed by atoms with E-state index in [1.165, 1.54) is 0 Å². The van der Waals surface area contributed by atoms with Gasteiger partial charge in [-0.05, 0) is 22.5 Å². The molecule has 0 spiro atoms. The Morgan fingerprint density at radius 3 is 2.10 bits per heavy atom. The largest absolute Gasteiger partial charge is 0.322 e. The fraction of sp³-hybridized carbons (Fsp3) is 1.00. The zero-order chi connectivity index (χ0) is 7.61. The second-order valence-electron chi connectivity index (χ2n) is 2.14. The fourth-order valence-corrected chi connectivity index (χ4v) is 2.46. The first-order valence-corrected chi connectivity index (χ1v) is 6.53. The summed E-state index contributed by atoms with van der Waals surface area (Å²) >= 11 is 10.9. The van der Waals surface area contributed by atoms with Crippen molar-refractivity contribution in [2.75, 3.05) is 26.2 Å². The van der Waals surface area contributed by atoms with Crippen molar-refractivity contribution in [3.8, 4) is 0 Å². The van der Waals surface area contributed by atoms with Crippen molar-refractivity contribution < 1.29 is 4.57 Å². The molecule has 1 N–H and O–H groups in total. The van der Waals surface area contributed by atoms with Crippen LogP contribution in [0.2, 0.25) is 0 Å². The van der Waals surface area contributed by atoms with Gasteiger partial charge in [0.05, 0.1) is 0 Å². The van der Waals surface area contributed by atoms with Crippen LogP contribution in [0.3, 0.4) is 0 Å². The molecule has 0 atom stereocenters. The molecule has 1 fully saturated rings. The van der Waals surface area contributed by atoms with Crippen LogP contribution in [0, 0.1) is 0 Å². The highest BCUT2D eigenvalue weighted by atomic mass is 35.9. The molecule has 0 unspecified atom stereocenters. The Bertz CT molecular complexity index is 153. The summed E-state index contributed by atoms with van der Waals surface area (Å²) in [6.07, 6.45) is 0. The van der Waals surface area contributed by atoms with Crippen LogP contribution in [-0.2, 0) is 4.57 Å². The van der Waals surface area contributed by atoms with Crippen LogP contribution in [0.15, 0.2) is 0 Å². The second kappa shape index (κ2) is 3.42. The number of nitrogens with one attached hydrogen (secondary N) is 1. The molecule has 0 aromatic carbocycles. The van der Waals surface area contributed by atoms with Crippen LogP contribution in [0.5, 0.6) is 0 Å². The van der Waals surface area contributed by atoms with Crippen LogP contribution in [0.1, 0.15) is 0 Å². The summed E-state index contributed by atoms with van der Waals surface area (Å²) in [5.41, 5.74) is 0. The minimum atomic E-state index is -3.00. The van der Waals surface area contributed by atoms with Crippen LogP contribution in [0.25, 0.3) is 0 Å². The Balaban J connectivity index is 2.47. The van der Waals surface area contributed by atoms with Crippen LogP contribution in [-0.4, -0.2) is 30.8 Å². The van der Waals surface area contributed by atoms with Crippen molar-refractivity contribution in [3.05, 3.63) is 0 Å². The highest BCUT2D eigenvalue weighted by molar-refractivity contribution is 8.06. The molecule has 1 aliphatic heterocycles. The van der Waals surface area contributed by atoms with Gasteiger partial charge >= 0.3 is 6.00 Å². The van der Waals surface area contributed by atoms with E-state index in [2.05, 4.69) is 5.32 Å². The van der Waals surface area contributed by atoms with E-state index in [4.69, 9.17) is 22.5 Å². The topological polar surface area (TPSA) is 32.3 Å². The Hall–Kier alpha value is 0.730. The maximum Gasteiger partial charge on any atom is 0.322 e. The first-order valence-electron chi connectivity index (χ1n) is 3.06. The lowest BCUT2D eigenvalue weighted by molar-refractivity contribution is 0.371. The summed E-state index contributed by atoms with van der Waals surface area (Å²) in [5, 5.41) is 3.11. The lowest BCUT2D eigenvalue weighted by atomic mass is 10.4. The minimum absolute atomic E-state index is 0.671. The zero-order valence-corrected chi connectivity index (χ0v) is 7.79. The molecule has 1 rings (SSSR count). The third-order valence-corrected chi connectivity index (χ3v) is 3.76. The van der Waals surface area contributed by atoms with Gasteiger partial charge in [-0.3, -0.25) is 4.57 Å². The number of hydrogen-bond donors (Lipinski definition) is 1. The van der Waals surface area contributed by atoms with Gasteiger partial charge in [-0.2, -0.15) is 0 Å². The minimum Gasteiger partial charge on any atom is -0.314 e. The fourth-order valence-electron chi connectivity index (χ4n) is 0.886. The Labute approximate surface area is 69.7 Å². The van der Waals surface area contributed by atoms with E-state index in [1.54, 1.807) is 4.67 Å². The molecule has 0 radical (unpaired) electrons. The molecular formula is C4H9Cl2N2OP. The van der Waals surface area contributed by atoms with Crippen molar-refractivity contribution in [3.63, 3.8) is 0 Å². The molecule has 1 heterocycles. The summed E-state index contributed by atoms with van der Waals surface area (Å²) in [7, 11) is 0. The van der Waals surface area contributed by atoms with Gasteiger partial charge in [0.25, 0.3) is 0 Å². The van der Waals surface area contributed by atoms with Crippen LogP contribution in [0.4, 0.5) is 0 Å². The maximum atomic E-state index is 11.0. The summed E-state index contributed by atoms with van der Waals surface area (Å²) in [4.78, 5) is 0. The third kappa shape index (κ3) is 2.40. The second-order valence-corrected chi connectivity index (χ2v) is 6.84. The predicted molar refractivity (Wildman–Crippen MR) is 43.8 cm³/mol.